The van der Waals surface area contributed by atoms with E-state index in [1.54, 1.807) is 0 Å². The number of hydrogen-bond donors (Lipinski definition) is 3. The predicted octanol–water partition coefficient (Wildman–Crippen LogP) is 7.06. The SMILES string of the molecule is Clc1ccc(C2NNC3CCC(Nc4nc(-c5ccccc5Cl)nc5ccccc45)CC32)cc1Cl. The standard InChI is InChI=1S/C27H24Cl3N5/c28-20-7-3-1-5-17(20)26-32-23-8-4-2-6-18(23)27(33-26)31-16-10-12-24-19(14-16)25(35-34-24)15-9-11-21(29)22(30)13-15/h1-9,11,13,16,19,24-25,34-35H,10,12,14H2,(H,31,32,33). The first kappa shape index (κ1) is 23.0. The van der Waals surface area contributed by atoms with Gasteiger partial charge in [0.15, 0.2) is 5.82 Å². The molecule has 2 fully saturated rings. The smallest absolute Gasteiger partial charge is 0.163 e. The Morgan fingerprint density at radius 3 is 2.49 bits per heavy atom. The first-order chi connectivity index (χ1) is 17.1. The summed E-state index contributed by atoms with van der Waals surface area (Å²) in [6.07, 6.45) is 3.10. The zero-order chi connectivity index (χ0) is 23.9. The van der Waals surface area contributed by atoms with Gasteiger partial charge in [-0.2, -0.15) is 0 Å². The van der Waals surface area contributed by atoms with Crippen LogP contribution in [0.3, 0.4) is 0 Å². The molecule has 5 nitrogen and oxygen atoms in total. The third-order valence-electron chi connectivity index (χ3n) is 7.11. The second-order valence-electron chi connectivity index (χ2n) is 9.26. The highest BCUT2D eigenvalue weighted by Crippen LogP contribution is 2.40. The Bertz CT molecular complexity index is 1390. The molecule has 2 aliphatic rings. The molecule has 1 aliphatic carbocycles. The average Bonchev–Trinajstić information content (AvgIpc) is 3.29. The molecule has 0 bridgehead atoms. The monoisotopic (exact) mass is 523 g/mol. The van der Waals surface area contributed by atoms with Crippen LogP contribution < -0.4 is 16.2 Å². The lowest BCUT2D eigenvalue weighted by Crippen LogP contribution is -2.39. The summed E-state index contributed by atoms with van der Waals surface area (Å²) in [4.78, 5) is 9.74. The molecule has 2 heterocycles. The summed E-state index contributed by atoms with van der Waals surface area (Å²) in [6.45, 7) is 0. The summed E-state index contributed by atoms with van der Waals surface area (Å²) >= 11 is 19.0. The maximum atomic E-state index is 6.48. The van der Waals surface area contributed by atoms with Crippen LogP contribution in [0, 0.1) is 5.92 Å². The molecule has 1 aliphatic heterocycles. The summed E-state index contributed by atoms with van der Waals surface area (Å²) < 4.78 is 0. The van der Waals surface area contributed by atoms with Crippen LogP contribution in [-0.4, -0.2) is 22.1 Å². The number of aromatic nitrogens is 2. The van der Waals surface area contributed by atoms with E-state index >= 15 is 0 Å². The van der Waals surface area contributed by atoms with Crippen LogP contribution >= 0.6 is 34.8 Å². The van der Waals surface area contributed by atoms with Crippen LogP contribution in [0.5, 0.6) is 0 Å². The molecule has 1 saturated heterocycles. The zero-order valence-electron chi connectivity index (χ0n) is 18.8. The van der Waals surface area contributed by atoms with Gasteiger partial charge in [0.05, 0.1) is 26.6 Å². The van der Waals surface area contributed by atoms with Gasteiger partial charge in [-0.15, -0.1) is 0 Å². The quantitative estimate of drug-likeness (QED) is 0.267. The highest BCUT2D eigenvalue weighted by Gasteiger charge is 2.41. The van der Waals surface area contributed by atoms with Gasteiger partial charge in [-0.3, -0.25) is 5.43 Å². The maximum Gasteiger partial charge on any atom is 0.163 e. The minimum absolute atomic E-state index is 0.167. The third kappa shape index (κ3) is 4.48. The lowest BCUT2D eigenvalue weighted by molar-refractivity contribution is 0.289. The van der Waals surface area contributed by atoms with Gasteiger partial charge in [0, 0.05) is 23.0 Å². The van der Waals surface area contributed by atoms with E-state index in [1.807, 2.05) is 54.6 Å². The summed E-state index contributed by atoms with van der Waals surface area (Å²) in [7, 11) is 0. The topological polar surface area (TPSA) is 61.9 Å². The van der Waals surface area contributed by atoms with E-state index in [0.29, 0.717) is 32.9 Å². The third-order valence-corrected chi connectivity index (χ3v) is 8.18. The van der Waals surface area contributed by atoms with Crippen molar-refractivity contribution in [2.45, 2.75) is 37.4 Å². The molecule has 35 heavy (non-hydrogen) atoms. The fourth-order valence-electron chi connectivity index (χ4n) is 5.37. The summed E-state index contributed by atoms with van der Waals surface area (Å²) in [5.41, 5.74) is 9.86. The van der Waals surface area contributed by atoms with Gasteiger partial charge in [0.1, 0.15) is 5.82 Å². The predicted molar refractivity (Wildman–Crippen MR) is 144 cm³/mol. The van der Waals surface area contributed by atoms with Gasteiger partial charge in [-0.1, -0.05) is 65.1 Å². The molecule has 4 aromatic rings. The normalized spacial score (nSPS) is 23.9. The van der Waals surface area contributed by atoms with Crippen molar-refractivity contribution in [2.75, 3.05) is 5.32 Å². The van der Waals surface area contributed by atoms with E-state index in [2.05, 4.69) is 28.3 Å². The van der Waals surface area contributed by atoms with Gasteiger partial charge in [0.2, 0.25) is 0 Å². The maximum absolute atomic E-state index is 6.48. The molecule has 4 atom stereocenters. The van der Waals surface area contributed by atoms with E-state index in [4.69, 9.17) is 44.8 Å². The summed E-state index contributed by atoms with van der Waals surface area (Å²) in [5.74, 6) is 1.89. The number of halogens is 3. The van der Waals surface area contributed by atoms with Crippen molar-refractivity contribution in [3.8, 4) is 11.4 Å². The van der Waals surface area contributed by atoms with Crippen LogP contribution in [0.15, 0.2) is 66.7 Å². The Labute approximate surface area is 219 Å². The van der Waals surface area contributed by atoms with Crippen molar-refractivity contribution in [2.24, 2.45) is 5.92 Å². The minimum Gasteiger partial charge on any atom is -0.367 e. The molecule has 8 heteroatoms. The fourth-order valence-corrected chi connectivity index (χ4v) is 5.89. The number of hydrogen-bond acceptors (Lipinski definition) is 5. The average molecular weight is 525 g/mol. The number of nitrogens with one attached hydrogen (secondary N) is 3. The Morgan fingerprint density at radius 2 is 1.63 bits per heavy atom. The van der Waals surface area contributed by atoms with Gasteiger partial charge in [-0.25, -0.2) is 15.4 Å². The van der Waals surface area contributed by atoms with E-state index in [0.717, 1.165) is 47.1 Å². The highest BCUT2D eigenvalue weighted by molar-refractivity contribution is 6.42. The Kier molecular flexibility index (Phi) is 6.29. The highest BCUT2D eigenvalue weighted by atomic mass is 35.5. The van der Waals surface area contributed by atoms with Gasteiger partial charge < -0.3 is 5.32 Å². The molecular weight excluding hydrogens is 501 g/mol. The first-order valence-electron chi connectivity index (χ1n) is 11.8. The summed E-state index contributed by atoms with van der Waals surface area (Å²) in [6, 6.07) is 22.6. The molecule has 6 rings (SSSR count). The zero-order valence-corrected chi connectivity index (χ0v) is 21.1. The molecule has 0 amide bonds. The first-order valence-corrected chi connectivity index (χ1v) is 12.9. The van der Waals surface area contributed by atoms with Crippen LogP contribution in [0.2, 0.25) is 15.1 Å². The molecule has 3 N–H and O–H groups in total. The molecule has 178 valence electrons. The minimum atomic E-state index is 0.167. The second-order valence-corrected chi connectivity index (χ2v) is 10.5. The lowest BCUT2D eigenvalue weighted by Gasteiger charge is -2.34. The van der Waals surface area contributed by atoms with Gasteiger partial charge in [0.25, 0.3) is 0 Å². The number of benzene rings is 3. The van der Waals surface area contributed by atoms with E-state index < -0.39 is 0 Å². The summed E-state index contributed by atoms with van der Waals surface area (Å²) in [5, 5.41) is 6.57. The van der Waals surface area contributed by atoms with E-state index in [1.165, 1.54) is 0 Å². The molecule has 4 unspecified atom stereocenters. The van der Waals surface area contributed by atoms with Crippen LogP contribution in [-0.2, 0) is 0 Å². The Hall–Kier alpha value is -2.41. The number of hydrazine groups is 1. The van der Waals surface area contributed by atoms with Crippen LogP contribution in [0.1, 0.15) is 30.9 Å². The van der Waals surface area contributed by atoms with E-state index in [-0.39, 0.29) is 12.1 Å². The largest absolute Gasteiger partial charge is 0.367 e. The van der Waals surface area contributed by atoms with Crippen molar-refractivity contribution < 1.29 is 0 Å². The molecule has 0 spiro atoms. The second kappa shape index (κ2) is 9.57. The molecule has 3 aromatic carbocycles. The van der Waals surface area contributed by atoms with E-state index in [9.17, 15) is 0 Å². The molecule has 1 saturated carbocycles. The van der Waals surface area contributed by atoms with Crippen LogP contribution in [0.4, 0.5) is 5.82 Å². The van der Waals surface area contributed by atoms with Gasteiger partial charge >= 0.3 is 0 Å². The van der Waals surface area contributed by atoms with Crippen molar-refractivity contribution in [3.05, 3.63) is 87.4 Å². The fraction of sp³-hybridized carbons (Fsp3) is 0.259. The van der Waals surface area contributed by atoms with Crippen molar-refractivity contribution in [1.29, 1.82) is 0 Å². The number of anilines is 1. The number of rotatable bonds is 4. The van der Waals surface area contributed by atoms with Crippen molar-refractivity contribution in [1.82, 2.24) is 20.8 Å². The number of nitrogens with zero attached hydrogens (tertiary/aromatic N) is 2. The Balaban J connectivity index is 1.30. The van der Waals surface area contributed by atoms with Crippen LogP contribution in [0.25, 0.3) is 22.3 Å². The Morgan fingerprint density at radius 1 is 0.800 bits per heavy atom. The number of para-hydroxylation sites is 1. The number of fused-ring (bicyclic) bond motifs is 2. The lowest BCUT2D eigenvalue weighted by atomic mass is 9.77. The molecular formula is C27H24Cl3N5. The molecule has 1 aromatic heterocycles. The van der Waals surface area contributed by atoms with Crippen molar-refractivity contribution in [3.63, 3.8) is 0 Å². The van der Waals surface area contributed by atoms with Gasteiger partial charge in [-0.05, 0) is 67.1 Å². The van der Waals surface area contributed by atoms with Crippen molar-refractivity contribution >= 4 is 51.5 Å². The molecule has 0 radical (unpaired) electrons.